The molecule has 0 unspecified atom stereocenters. The number of primary amides is 1. The maximum Gasteiger partial charge on any atom is 0.248 e. The molecule has 0 bridgehead atoms. The van der Waals surface area contributed by atoms with Crippen LogP contribution in [0, 0.1) is 0 Å². The number of fused-ring (bicyclic) bond motifs is 1. The number of ether oxygens (including phenoxy) is 3. The highest BCUT2D eigenvalue weighted by Gasteiger charge is 2.18. The smallest absolute Gasteiger partial charge is 0.248 e. The van der Waals surface area contributed by atoms with Crippen molar-refractivity contribution in [1.29, 1.82) is 0 Å². The van der Waals surface area contributed by atoms with E-state index in [1.165, 1.54) is 0 Å². The van der Waals surface area contributed by atoms with Crippen molar-refractivity contribution in [3.63, 3.8) is 0 Å². The summed E-state index contributed by atoms with van der Waals surface area (Å²) in [5.74, 6) is 1.54. The van der Waals surface area contributed by atoms with E-state index in [9.17, 15) is 9.59 Å². The highest BCUT2D eigenvalue weighted by atomic mass is 16.5. The summed E-state index contributed by atoms with van der Waals surface area (Å²) in [4.78, 5) is 26.2. The molecule has 0 saturated carbocycles. The zero-order valence-corrected chi connectivity index (χ0v) is 16.5. The summed E-state index contributed by atoms with van der Waals surface area (Å²) in [5.41, 5.74) is 7.11. The Balaban J connectivity index is 0.000000239. The van der Waals surface area contributed by atoms with Crippen molar-refractivity contribution in [3.8, 4) is 17.4 Å². The van der Waals surface area contributed by atoms with Gasteiger partial charge in [-0.25, -0.2) is 4.98 Å². The lowest BCUT2D eigenvalue weighted by molar-refractivity contribution is 0.0932. The molecule has 4 rings (SSSR count). The van der Waals surface area contributed by atoms with Gasteiger partial charge in [-0.1, -0.05) is 18.2 Å². The fourth-order valence-electron chi connectivity index (χ4n) is 2.75. The van der Waals surface area contributed by atoms with Crippen molar-refractivity contribution in [3.05, 3.63) is 83.6 Å². The van der Waals surface area contributed by atoms with Crippen LogP contribution in [0.3, 0.4) is 0 Å². The first-order valence-corrected chi connectivity index (χ1v) is 9.33. The largest absolute Gasteiger partial charge is 0.492 e. The maximum absolute atomic E-state index is 11.7. The minimum Gasteiger partial charge on any atom is -0.492 e. The Hall–Kier alpha value is -3.87. The van der Waals surface area contributed by atoms with E-state index < -0.39 is 0 Å². The van der Waals surface area contributed by atoms with Gasteiger partial charge in [0.1, 0.15) is 18.1 Å². The van der Waals surface area contributed by atoms with E-state index in [2.05, 4.69) is 4.98 Å². The molecule has 0 aliphatic carbocycles. The molecule has 7 nitrogen and oxygen atoms in total. The topological polar surface area (TPSA) is 101 Å². The van der Waals surface area contributed by atoms with Crippen LogP contribution >= 0.6 is 0 Å². The van der Waals surface area contributed by atoms with Gasteiger partial charge in [-0.15, -0.1) is 0 Å². The summed E-state index contributed by atoms with van der Waals surface area (Å²) in [6.45, 7) is 0.822. The lowest BCUT2D eigenvalue weighted by Gasteiger charge is -2.17. The number of carbonyl (C=O) groups is 2. The van der Waals surface area contributed by atoms with E-state index in [1.807, 2.05) is 18.2 Å². The molecule has 0 atom stereocenters. The first-order valence-electron chi connectivity index (χ1n) is 9.33. The van der Waals surface area contributed by atoms with Crippen LogP contribution < -0.4 is 19.9 Å². The Morgan fingerprint density at radius 1 is 1.13 bits per heavy atom. The molecular formula is C23H22N2O5. The maximum atomic E-state index is 11.7. The molecule has 0 spiro atoms. The van der Waals surface area contributed by atoms with E-state index >= 15 is 0 Å². The second-order valence-electron chi connectivity index (χ2n) is 6.41. The van der Waals surface area contributed by atoms with Crippen molar-refractivity contribution >= 4 is 11.7 Å². The fraction of sp³-hybridized carbons (Fsp3) is 0.174. The van der Waals surface area contributed by atoms with Gasteiger partial charge in [0.05, 0.1) is 19.3 Å². The number of ketones is 1. The summed E-state index contributed by atoms with van der Waals surface area (Å²) in [7, 11) is 1.57. The Morgan fingerprint density at radius 2 is 1.93 bits per heavy atom. The van der Waals surface area contributed by atoms with Crippen molar-refractivity contribution in [2.45, 2.75) is 13.0 Å². The standard InChI is InChI=1S/C16H15NO4.C7H7NO/c1-19-16-8-11(4-6-17-16)10-21-12-2-3-13-14(18)5-7-20-15(13)9-12;8-7(9)6-4-2-1-3-5-6/h2-4,6,8-9H,5,7,10H2,1H3;1-5H,(H2,8,9). The molecule has 1 aliphatic rings. The summed E-state index contributed by atoms with van der Waals surface area (Å²) in [6, 6.07) is 17.7. The van der Waals surface area contributed by atoms with Gasteiger partial charge in [0.2, 0.25) is 11.8 Å². The highest BCUT2D eigenvalue weighted by molar-refractivity contribution is 5.99. The zero-order valence-electron chi connectivity index (χ0n) is 16.5. The van der Waals surface area contributed by atoms with Crippen molar-refractivity contribution < 1.29 is 23.8 Å². The van der Waals surface area contributed by atoms with E-state index in [1.54, 1.807) is 55.8 Å². The van der Waals surface area contributed by atoms with Gasteiger partial charge in [0.15, 0.2) is 5.78 Å². The van der Waals surface area contributed by atoms with Crippen LogP contribution in [0.1, 0.15) is 32.7 Å². The number of benzene rings is 2. The third kappa shape index (κ3) is 5.57. The molecule has 1 amide bonds. The van der Waals surface area contributed by atoms with Crippen molar-refractivity contribution in [2.24, 2.45) is 5.73 Å². The number of amides is 1. The lowest BCUT2D eigenvalue weighted by atomic mass is 10.1. The van der Waals surface area contributed by atoms with Crippen LogP contribution in [-0.2, 0) is 6.61 Å². The zero-order chi connectivity index (χ0) is 21.3. The number of carbonyl (C=O) groups excluding carboxylic acids is 2. The quantitative estimate of drug-likeness (QED) is 0.697. The third-order valence-electron chi connectivity index (χ3n) is 4.31. The molecule has 0 radical (unpaired) electrons. The van der Waals surface area contributed by atoms with Gasteiger partial charge in [0, 0.05) is 30.3 Å². The van der Waals surface area contributed by atoms with Crippen LogP contribution in [-0.4, -0.2) is 30.4 Å². The molecule has 7 heteroatoms. The molecule has 0 fully saturated rings. The molecule has 2 heterocycles. The van der Waals surface area contributed by atoms with Crippen LogP contribution in [0.2, 0.25) is 0 Å². The summed E-state index contributed by atoms with van der Waals surface area (Å²) in [5, 5.41) is 0. The number of hydrogen-bond donors (Lipinski definition) is 1. The monoisotopic (exact) mass is 406 g/mol. The number of rotatable bonds is 5. The first kappa shape index (κ1) is 20.9. The predicted molar refractivity (Wildman–Crippen MR) is 111 cm³/mol. The SMILES string of the molecule is COc1cc(COc2ccc3c(c2)OCCC3=O)ccn1.NC(=O)c1ccccc1. The number of hydrogen-bond acceptors (Lipinski definition) is 6. The van der Waals surface area contributed by atoms with E-state index in [0.29, 0.717) is 48.1 Å². The lowest BCUT2D eigenvalue weighted by Crippen LogP contribution is -2.15. The Labute approximate surface area is 174 Å². The molecule has 3 aromatic rings. The number of methoxy groups -OCH3 is 1. The predicted octanol–water partition coefficient (Wildman–Crippen LogP) is 3.42. The van der Waals surface area contributed by atoms with Crippen LogP contribution in [0.25, 0.3) is 0 Å². The molecule has 2 aromatic carbocycles. The Kier molecular flexibility index (Phi) is 7.00. The summed E-state index contributed by atoms with van der Waals surface area (Å²) < 4.78 is 16.3. The van der Waals surface area contributed by atoms with Crippen LogP contribution in [0.4, 0.5) is 0 Å². The minimum atomic E-state index is -0.379. The van der Waals surface area contributed by atoms with E-state index in [4.69, 9.17) is 19.9 Å². The average molecular weight is 406 g/mol. The number of nitrogens with zero attached hydrogens (tertiary/aromatic N) is 1. The number of aromatic nitrogens is 1. The molecule has 1 aliphatic heterocycles. The number of Topliss-reactive ketones (excluding diaryl/α,β-unsaturated/α-hetero) is 1. The van der Waals surface area contributed by atoms with Crippen LogP contribution in [0.15, 0.2) is 66.9 Å². The Morgan fingerprint density at radius 3 is 2.63 bits per heavy atom. The number of pyridine rings is 1. The van der Waals surface area contributed by atoms with Gasteiger partial charge in [-0.05, 0) is 35.9 Å². The fourth-order valence-corrected chi connectivity index (χ4v) is 2.75. The normalized spacial score (nSPS) is 12.0. The van der Waals surface area contributed by atoms with Crippen molar-refractivity contribution in [1.82, 2.24) is 4.98 Å². The van der Waals surface area contributed by atoms with Crippen LogP contribution in [0.5, 0.6) is 17.4 Å². The summed E-state index contributed by atoms with van der Waals surface area (Å²) in [6.07, 6.45) is 2.11. The molecule has 30 heavy (non-hydrogen) atoms. The molecule has 2 N–H and O–H groups in total. The first-order chi connectivity index (χ1) is 14.6. The molecular weight excluding hydrogens is 384 g/mol. The molecule has 154 valence electrons. The van der Waals surface area contributed by atoms with E-state index in [0.717, 1.165) is 5.56 Å². The third-order valence-corrected chi connectivity index (χ3v) is 4.31. The second-order valence-corrected chi connectivity index (χ2v) is 6.41. The molecule has 1 aromatic heterocycles. The van der Waals surface area contributed by atoms with Gasteiger partial charge < -0.3 is 19.9 Å². The second kappa shape index (κ2) is 10.1. The Bertz CT molecular complexity index is 1020. The van der Waals surface area contributed by atoms with Crippen molar-refractivity contribution in [2.75, 3.05) is 13.7 Å². The summed E-state index contributed by atoms with van der Waals surface area (Å²) >= 11 is 0. The van der Waals surface area contributed by atoms with E-state index in [-0.39, 0.29) is 11.7 Å². The number of nitrogens with two attached hydrogens (primary N) is 1. The average Bonchev–Trinajstić information content (AvgIpc) is 2.79. The van der Waals surface area contributed by atoms with Gasteiger partial charge >= 0.3 is 0 Å². The van der Waals surface area contributed by atoms with Gasteiger partial charge in [-0.3, -0.25) is 9.59 Å². The minimum absolute atomic E-state index is 0.113. The highest BCUT2D eigenvalue weighted by Crippen LogP contribution is 2.29. The van der Waals surface area contributed by atoms with Gasteiger partial charge in [0.25, 0.3) is 0 Å². The van der Waals surface area contributed by atoms with Gasteiger partial charge in [-0.2, -0.15) is 0 Å². The molecule has 0 saturated heterocycles.